The molecule has 0 aliphatic heterocycles. The van der Waals surface area contributed by atoms with Crippen molar-refractivity contribution in [1.29, 1.82) is 0 Å². The van der Waals surface area contributed by atoms with E-state index in [4.69, 9.17) is 0 Å². The molecule has 0 aliphatic carbocycles. The first kappa shape index (κ1) is 17.8. The minimum atomic E-state index is -0.255. The SMILES string of the molecule is O=C(Cc1cc2cnn(-c3ccncc3)c2cn1)NCCc1ccccc1F. The van der Waals surface area contributed by atoms with Crippen molar-refractivity contribution < 1.29 is 9.18 Å². The van der Waals surface area contributed by atoms with E-state index in [1.54, 1.807) is 47.7 Å². The maximum atomic E-state index is 13.6. The fraction of sp³-hybridized carbons (Fsp3) is 0.143. The molecule has 6 nitrogen and oxygen atoms in total. The number of aromatic nitrogens is 4. The third-order valence-electron chi connectivity index (χ3n) is 4.43. The topological polar surface area (TPSA) is 72.7 Å². The highest BCUT2D eigenvalue weighted by Gasteiger charge is 2.10. The second kappa shape index (κ2) is 7.96. The zero-order valence-corrected chi connectivity index (χ0v) is 15.0. The number of fused-ring (bicyclic) bond motifs is 1. The van der Waals surface area contributed by atoms with Crippen LogP contribution < -0.4 is 5.32 Å². The van der Waals surface area contributed by atoms with Crippen LogP contribution in [0.5, 0.6) is 0 Å². The molecule has 0 aliphatic rings. The van der Waals surface area contributed by atoms with Crippen molar-refractivity contribution in [2.45, 2.75) is 12.8 Å². The number of nitrogens with zero attached hydrogens (tertiary/aromatic N) is 4. The van der Waals surface area contributed by atoms with Crippen LogP contribution in [0.2, 0.25) is 0 Å². The summed E-state index contributed by atoms with van der Waals surface area (Å²) < 4.78 is 15.4. The second-order valence-electron chi connectivity index (χ2n) is 6.36. The Bertz CT molecular complexity index is 1110. The number of halogens is 1. The van der Waals surface area contributed by atoms with Crippen molar-refractivity contribution >= 4 is 16.8 Å². The van der Waals surface area contributed by atoms with Gasteiger partial charge in [-0.25, -0.2) is 9.07 Å². The molecular weight excluding hydrogens is 357 g/mol. The smallest absolute Gasteiger partial charge is 0.226 e. The molecule has 0 spiro atoms. The normalized spacial score (nSPS) is 10.9. The fourth-order valence-corrected chi connectivity index (χ4v) is 3.02. The summed E-state index contributed by atoms with van der Waals surface area (Å²) in [5.74, 6) is -0.403. The lowest BCUT2D eigenvalue weighted by molar-refractivity contribution is -0.120. The highest BCUT2D eigenvalue weighted by atomic mass is 19.1. The van der Waals surface area contributed by atoms with Gasteiger partial charge in [-0.05, 0) is 36.2 Å². The first-order valence-electron chi connectivity index (χ1n) is 8.94. The zero-order chi connectivity index (χ0) is 19.3. The number of carbonyl (C=O) groups excluding carboxylic acids is 1. The highest BCUT2D eigenvalue weighted by Crippen LogP contribution is 2.18. The molecule has 3 aromatic heterocycles. The van der Waals surface area contributed by atoms with Gasteiger partial charge in [-0.3, -0.25) is 14.8 Å². The molecule has 4 aromatic rings. The van der Waals surface area contributed by atoms with Gasteiger partial charge in [-0.1, -0.05) is 18.2 Å². The summed E-state index contributed by atoms with van der Waals surface area (Å²) >= 11 is 0. The molecule has 7 heteroatoms. The van der Waals surface area contributed by atoms with Crippen molar-refractivity contribution in [3.63, 3.8) is 0 Å². The van der Waals surface area contributed by atoms with E-state index in [0.717, 1.165) is 16.6 Å². The maximum absolute atomic E-state index is 13.6. The summed E-state index contributed by atoms with van der Waals surface area (Å²) in [7, 11) is 0. The monoisotopic (exact) mass is 375 g/mol. The summed E-state index contributed by atoms with van der Waals surface area (Å²) in [6.07, 6.45) is 7.48. The second-order valence-corrected chi connectivity index (χ2v) is 6.36. The predicted octanol–water partition coefficient (Wildman–Crippen LogP) is 2.86. The molecule has 3 heterocycles. The van der Waals surface area contributed by atoms with E-state index in [9.17, 15) is 9.18 Å². The van der Waals surface area contributed by atoms with Crippen LogP contribution in [0.4, 0.5) is 4.39 Å². The number of benzene rings is 1. The zero-order valence-electron chi connectivity index (χ0n) is 15.0. The summed E-state index contributed by atoms with van der Waals surface area (Å²) in [5, 5.41) is 8.11. The molecule has 0 saturated heterocycles. The third-order valence-corrected chi connectivity index (χ3v) is 4.43. The third kappa shape index (κ3) is 3.88. The van der Waals surface area contributed by atoms with Gasteiger partial charge in [-0.2, -0.15) is 5.10 Å². The van der Waals surface area contributed by atoms with E-state index in [1.165, 1.54) is 6.07 Å². The number of amides is 1. The molecule has 1 N–H and O–H groups in total. The van der Waals surface area contributed by atoms with E-state index in [0.29, 0.717) is 24.2 Å². The van der Waals surface area contributed by atoms with Crippen molar-refractivity contribution in [2.24, 2.45) is 0 Å². The van der Waals surface area contributed by atoms with Crippen LogP contribution in [0, 0.1) is 5.82 Å². The molecule has 0 atom stereocenters. The summed E-state index contributed by atoms with van der Waals surface area (Å²) in [6.45, 7) is 0.377. The molecule has 4 rings (SSSR count). The van der Waals surface area contributed by atoms with E-state index < -0.39 is 0 Å². The van der Waals surface area contributed by atoms with Crippen LogP contribution in [0.3, 0.4) is 0 Å². The number of pyridine rings is 2. The Kier molecular flexibility index (Phi) is 5.05. The Hall–Kier alpha value is -3.61. The highest BCUT2D eigenvalue weighted by molar-refractivity contribution is 5.82. The Morgan fingerprint density at radius 3 is 2.75 bits per heavy atom. The van der Waals surface area contributed by atoms with Crippen LogP contribution in [-0.4, -0.2) is 32.2 Å². The van der Waals surface area contributed by atoms with Gasteiger partial charge in [0, 0.05) is 24.3 Å². The van der Waals surface area contributed by atoms with Gasteiger partial charge < -0.3 is 5.32 Å². The Morgan fingerprint density at radius 1 is 1.11 bits per heavy atom. The van der Waals surface area contributed by atoms with Crippen molar-refractivity contribution in [3.05, 3.63) is 84.3 Å². The molecule has 0 bridgehead atoms. The number of nitrogens with one attached hydrogen (secondary N) is 1. The van der Waals surface area contributed by atoms with Crippen LogP contribution in [0.15, 0.2) is 67.3 Å². The van der Waals surface area contributed by atoms with Crippen molar-refractivity contribution in [3.8, 4) is 5.69 Å². The minimum Gasteiger partial charge on any atom is -0.355 e. The molecular formula is C21H18FN5O. The first-order valence-corrected chi connectivity index (χ1v) is 8.94. The average molecular weight is 375 g/mol. The molecule has 28 heavy (non-hydrogen) atoms. The molecule has 1 amide bonds. The van der Waals surface area contributed by atoms with E-state index in [-0.39, 0.29) is 18.1 Å². The number of hydrogen-bond acceptors (Lipinski definition) is 4. The Morgan fingerprint density at radius 2 is 1.93 bits per heavy atom. The molecule has 0 saturated carbocycles. The van der Waals surface area contributed by atoms with Gasteiger partial charge in [0.05, 0.1) is 35.7 Å². The van der Waals surface area contributed by atoms with Gasteiger partial charge in [0.15, 0.2) is 0 Å². The van der Waals surface area contributed by atoms with Crippen molar-refractivity contribution in [2.75, 3.05) is 6.54 Å². The number of carbonyl (C=O) groups is 1. The lowest BCUT2D eigenvalue weighted by Crippen LogP contribution is -2.27. The van der Waals surface area contributed by atoms with Gasteiger partial charge in [0.2, 0.25) is 5.91 Å². The fourth-order valence-electron chi connectivity index (χ4n) is 3.02. The molecule has 0 radical (unpaired) electrons. The van der Waals surface area contributed by atoms with E-state index in [1.807, 2.05) is 18.2 Å². The quantitative estimate of drug-likeness (QED) is 0.562. The predicted molar refractivity (Wildman–Crippen MR) is 103 cm³/mol. The molecule has 0 fully saturated rings. The Labute approximate surface area is 161 Å². The van der Waals surface area contributed by atoms with E-state index in [2.05, 4.69) is 20.4 Å². The number of rotatable bonds is 6. The standard InChI is InChI=1S/C21H18FN5O/c22-19-4-2-1-3-15(19)5-10-24-21(28)12-17-11-16-13-26-27(20(16)14-25-17)18-6-8-23-9-7-18/h1-4,6-9,11,13-14H,5,10,12H2,(H,24,28). The molecule has 1 aromatic carbocycles. The van der Waals surface area contributed by atoms with Crippen LogP contribution in [0.1, 0.15) is 11.3 Å². The molecule has 0 unspecified atom stereocenters. The largest absolute Gasteiger partial charge is 0.355 e. The van der Waals surface area contributed by atoms with Gasteiger partial charge in [0.25, 0.3) is 0 Å². The first-order chi connectivity index (χ1) is 13.7. The lowest BCUT2D eigenvalue weighted by Gasteiger charge is -2.06. The summed E-state index contributed by atoms with van der Waals surface area (Å²) in [4.78, 5) is 20.6. The Balaban J connectivity index is 1.39. The van der Waals surface area contributed by atoms with Gasteiger partial charge >= 0.3 is 0 Å². The summed E-state index contributed by atoms with van der Waals surface area (Å²) in [6, 6.07) is 12.2. The number of hydrogen-bond donors (Lipinski definition) is 1. The van der Waals surface area contributed by atoms with Crippen molar-refractivity contribution in [1.82, 2.24) is 25.1 Å². The maximum Gasteiger partial charge on any atom is 0.226 e. The average Bonchev–Trinajstić information content (AvgIpc) is 3.13. The van der Waals surface area contributed by atoms with Gasteiger partial charge in [-0.15, -0.1) is 0 Å². The minimum absolute atomic E-state index is 0.148. The van der Waals surface area contributed by atoms with Gasteiger partial charge in [0.1, 0.15) is 5.82 Å². The summed E-state index contributed by atoms with van der Waals surface area (Å²) in [5.41, 5.74) is 3.00. The lowest BCUT2D eigenvalue weighted by atomic mass is 10.1. The van der Waals surface area contributed by atoms with Crippen LogP contribution in [-0.2, 0) is 17.6 Å². The van der Waals surface area contributed by atoms with E-state index >= 15 is 0 Å². The molecule has 140 valence electrons. The van der Waals surface area contributed by atoms with Crippen LogP contribution >= 0.6 is 0 Å². The van der Waals surface area contributed by atoms with Crippen LogP contribution in [0.25, 0.3) is 16.6 Å².